The van der Waals surface area contributed by atoms with Crippen LogP contribution in [0.5, 0.6) is 0 Å². The Bertz CT molecular complexity index is 299. The fraction of sp³-hybridized carbons (Fsp3) is 0.833. The zero-order valence-electron chi connectivity index (χ0n) is 11.7. The average Bonchev–Trinajstić information content (AvgIpc) is 2.21. The Morgan fingerprint density at radius 3 is 2.17 bits per heavy atom. The van der Waals surface area contributed by atoms with Crippen molar-refractivity contribution in [1.29, 1.82) is 0 Å². The molecule has 0 saturated heterocycles. The number of amides is 1. The topological polar surface area (TPSA) is 102 Å². The van der Waals surface area contributed by atoms with E-state index in [2.05, 4.69) is 5.32 Å². The van der Waals surface area contributed by atoms with Gasteiger partial charge >= 0.3 is 5.97 Å². The number of nitrogens with two attached hydrogens (primary N) is 1. The minimum absolute atomic E-state index is 0.173. The van der Waals surface area contributed by atoms with Gasteiger partial charge in [0.15, 0.2) is 6.04 Å². The molecule has 3 atom stereocenters. The third kappa shape index (κ3) is 5.97. The third-order valence-corrected chi connectivity index (χ3v) is 2.37. The average molecular weight is 260 g/mol. The number of nitrogens with one attached hydrogen (secondary N) is 1. The molecule has 1 amide bonds. The largest absolute Gasteiger partial charge is 0.480 e. The van der Waals surface area contributed by atoms with Gasteiger partial charge in [-0.25, -0.2) is 4.79 Å². The molecule has 0 saturated carbocycles. The van der Waals surface area contributed by atoms with Crippen molar-refractivity contribution < 1.29 is 19.4 Å². The van der Waals surface area contributed by atoms with E-state index in [1.54, 1.807) is 13.8 Å². The smallest absolute Gasteiger partial charge is 0.328 e. The third-order valence-electron chi connectivity index (χ3n) is 2.37. The fourth-order valence-electron chi connectivity index (χ4n) is 1.41. The van der Waals surface area contributed by atoms with E-state index in [1.807, 2.05) is 20.8 Å². The van der Waals surface area contributed by atoms with Crippen molar-refractivity contribution in [3.05, 3.63) is 0 Å². The van der Waals surface area contributed by atoms with Crippen LogP contribution in [-0.4, -0.2) is 41.3 Å². The summed E-state index contributed by atoms with van der Waals surface area (Å²) in [4.78, 5) is 22.8. The van der Waals surface area contributed by atoms with Crippen LogP contribution in [-0.2, 0) is 14.3 Å². The lowest BCUT2D eigenvalue weighted by atomic mass is 10.1. The molecule has 0 aromatic carbocycles. The van der Waals surface area contributed by atoms with E-state index in [0.29, 0.717) is 0 Å². The van der Waals surface area contributed by atoms with Crippen molar-refractivity contribution in [2.45, 2.75) is 52.4 Å². The first-order chi connectivity index (χ1) is 8.08. The number of hydrogen-bond donors (Lipinski definition) is 3. The van der Waals surface area contributed by atoms with Gasteiger partial charge in [0.2, 0.25) is 5.91 Å². The Hall–Kier alpha value is -1.14. The summed E-state index contributed by atoms with van der Waals surface area (Å²) in [5.74, 6) is -1.92. The number of aliphatic carboxylic acids is 1. The highest BCUT2D eigenvalue weighted by Crippen LogP contribution is 2.13. The Kier molecular flexibility index (Phi) is 6.28. The van der Waals surface area contributed by atoms with Crippen LogP contribution < -0.4 is 11.1 Å². The molecule has 6 nitrogen and oxygen atoms in total. The minimum atomic E-state index is -1.12. The number of carboxylic acid groups (broad SMARTS) is 1. The van der Waals surface area contributed by atoms with E-state index >= 15 is 0 Å². The van der Waals surface area contributed by atoms with Crippen LogP contribution in [0.15, 0.2) is 0 Å². The highest BCUT2D eigenvalue weighted by Gasteiger charge is 2.31. The molecule has 0 spiro atoms. The number of ether oxygens (including phenoxy) is 1. The molecule has 6 heteroatoms. The standard InChI is InChI=1S/C12H24N2O4/c1-7(6-13)10(15)14-9(11(16)17)8(2)18-12(3,4)5/h7-9H,6,13H2,1-5H3,(H,14,15)(H,16,17)/t7?,8-,9+/m1/s1. The second kappa shape index (κ2) is 6.70. The van der Waals surface area contributed by atoms with Crippen LogP contribution in [0.2, 0.25) is 0 Å². The molecule has 18 heavy (non-hydrogen) atoms. The van der Waals surface area contributed by atoms with Gasteiger partial charge in [-0.3, -0.25) is 4.79 Å². The molecule has 0 aliphatic rings. The lowest BCUT2D eigenvalue weighted by Gasteiger charge is -2.29. The van der Waals surface area contributed by atoms with E-state index in [1.165, 1.54) is 0 Å². The minimum Gasteiger partial charge on any atom is -0.480 e. The maximum atomic E-state index is 11.6. The van der Waals surface area contributed by atoms with Crippen LogP contribution in [0.1, 0.15) is 34.6 Å². The molecule has 0 radical (unpaired) electrons. The molecule has 0 aliphatic heterocycles. The summed E-state index contributed by atoms with van der Waals surface area (Å²) in [6.07, 6.45) is -0.628. The maximum Gasteiger partial charge on any atom is 0.328 e. The van der Waals surface area contributed by atoms with Crippen LogP contribution in [0.25, 0.3) is 0 Å². The summed E-state index contributed by atoms with van der Waals surface area (Å²) in [6, 6.07) is -1.08. The normalized spacial score (nSPS) is 16.8. The summed E-state index contributed by atoms with van der Waals surface area (Å²) >= 11 is 0. The molecule has 0 aliphatic carbocycles. The molecule has 4 N–H and O–H groups in total. The van der Waals surface area contributed by atoms with Gasteiger partial charge in [0.05, 0.1) is 11.7 Å². The first-order valence-electron chi connectivity index (χ1n) is 5.99. The quantitative estimate of drug-likeness (QED) is 0.640. The van der Waals surface area contributed by atoms with Gasteiger partial charge < -0.3 is 20.9 Å². The summed E-state index contributed by atoms with van der Waals surface area (Å²) in [5.41, 5.74) is 4.89. The van der Waals surface area contributed by atoms with Crippen LogP contribution in [0, 0.1) is 5.92 Å². The summed E-state index contributed by atoms with van der Waals surface area (Å²) < 4.78 is 5.55. The molecule has 0 heterocycles. The van der Waals surface area contributed by atoms with Gasteiger partial charge in [-0.05, 0) is 27.7 Å². The van der Waals surface area contributed by atoms with Crippen molar-refractivity contribution in [3.63, 3.8) is 0 Å². The summed E-state index contributed by atoms with van der Waals surface area (Å²) in [5, 5.41) is 11.6. The predicted octanol–water partition coefficient (Wildman–Crippen LogP) is 0.354. The van der Waals surface area contributed by atoms with E-state index < -0.39 is 29.6 Å². The van der Waals surface area contributed by atoms with E-state index in [4.69, 9.17) is 15.6 Å². The molecule has 0 bridgehead atoms. The van der Waals surface area contributed by atoms with Crippen molar-refractivity contribution in [2.24, 2.45) is 11.7 Å². The summed E-state index contributed by atoms with van der Waals surface area (Å²) in [7, 11) is 0. The lowest BCUT2D eigenvalue weighted by molar-refractivity contribution is -0.150. The second-order valence-corrected chi connectivity index (χ2v) is 5.40. The van der Waals surface area contributed by atoms with Crippen molar-refractivity contribution in [3.8, 4) is 0 Å². The molecule has 106 valence electrons. The summed E-state index contributed by atoms with van der Waals surface area (Å²) in [6.45, 7) is 8.92. The zero-order chi connectivity index (χ0) is 14.5. The molecule has 1 unspecified atom stereocenters. The van der Waals surface area contributed by atoms with Crippen LogP contribution in [0.3, 0.4) is 0 Å². The Balaban J connectivity index is 4.67. The first-order valence-corrected chi connectivity index (χ1v) is 5.99. The van der Waals surface area contributed by atoms with E-state index in [9.17, 15) is 9.59 Å². The van der Waals surface area contributed by atoms with Crippen LogP contribution in [0.4, 0.5) is 0 Å². The molecule has 0 fully saturated rings. The van der Waals surface area contributed by atoms with Crippen molar-refractivity contribution >= 4 is 11.9 Å². The van der Waals surface area contributed by atoms with E-state index in [0.717, 1.165) is 0 Å². The molecule has 0 aromatic rings. The van der Waals surface area contributed by atoms with Gasteiger partial charge in [-0.15, -0.1) is 0 Å². The molecule has 0 rings (SSSR count). The van der Waals surface area contributed by atoms with Crippen molar-refractivity contribution in [2.75, 3.05) is 6.54 Å². The first kappa shape index (κ1) is 16.9. The predicted molar refractivity (Wildman–Crippen MR) is 68.1 cm³/mol. The van der Waals surface area contributed by atoms with Gasteiger partial charge in [-0.2, -0.15) is 0 Å². The van der Waals surface area contributed by atoms with E-state index in [-0.39, 0.29) is 12.5 Å². The van der Waals surface area contributed by atoms with Gasteiger partial charge in [0.1, 0.15) is 0 Å². The molecule has 0 aromatic heterocycles. The number of hydrogen-bond acceptors (Lipinski definition) is 4. The second-order valence-electron chi connectivity index (χ2n) is 5.40. The van der Waals surface area contributed by atoms with Gasteiger partial charge in [0, 0.05) is 12.5 Å². The monoisotopic (exact) mass is 260 g/mol. The lowest BCUT2D eigenvalue weighted by Crippen LogP contribution is -2.52. The maximum absolute atomic E-state index is 11.6. The number of carbonyl (C=O) groups excluding carboxylic acids is 1. The Morgan fingerprint density at radius 2 is 1.83 bits per heavy atom. The number of carboxylic acids is 1. The molecular weight excluding hydrogens is 236 g/mol. The number of carbonyl (C=O) groups is 2. The zero-order valence-corrected chi connectivity index (χ0v) is 11.7. The van der Waals surface area contributed by atoms with Crippen LogP contribution >= 0.6 is 0 Å². The highest BCUT2D eigenvalue weighted by atomic mass is 16.5. The van der Waals surface area contributed by atoms with Crippen molar-refractivity contribution in [1.82, 2.24) is 5.32 Å². The Morgan fingerprint density at radius 1 is 1.33 bits per heavy atom. The Labute approximate surface area is 108 Å². The van der Waals surface area contributed by atoms with Gasteiger partial charge in [-0.1, -0.05) is 6.92 Å². The SMILES string of the molecule is CC(CN)C(=O)N[C@H](C(=O)O)[C@@H](C)OC(C)(C)C. The fourth-order valence-corrected chi connectivity index (χ4v) is 1.41. The number of rotatable bonds is 6. The highest BCUT2D eigenvalue weighted by molar-refractivity contribution is 5.85. The van der Waals surface area contributed by atoms with Gasteiger partial charge in [0.25, 0.3) is 0 Å². The molecular formula is C12H24N2O4.